The minimum atomic E-state index is -3.18. The average molecular weight is 332 g/mol. The lowest BCUT2D eigenvalue weighted by molar-refractivity contribution is 0.0792. The normalized spacial score (nSPS) is 17.9. The maximum Gasteiger partial charge on any atom is 0.0847 e. The van der Waals surface area contributed by atoms with E-state index in [1.165, 1.54) is 18.2 Å². The second kappa shape index (κ2) is 5.04. The molecule has 0 amide bonds. The topological polar surface area (TPSA) is 20.2 Å². The van der Waals surface area contributed by atoms with Crippen LogP contribution in [0.4, 0.5) is 0 Å². The summed E-state index contributed by atoms with van der Waals surface area (Å²) in [6.07, 6.45) is 0. The van der Waals surface area contributed by atoms with Crippen molar-refractivity contribution >= 4 is 27.5 Å². The van der Waals surface area contributed by atoms with Gasteiger partial charge in [-0.3, -0.25) is 0 Å². The fourth-order valence-electron chi connectivity index (χ4n) is 1.73. The van der Waals surface area contributed by atoms with Gasteiger partial charge >= 0.3 is 0 Å². The van der Waals surface area contributed by atoms with E-state index in [1.807, 2.05) is 0 Å². The highest BCUT2D eigenvalue weighted by molar-refractivity contribution is 9.10. The lowest BCUT2D eigenvalue weighted by Crippen LogP contribution is -2.16. The Kier molecular flexibility index (Phi) is 2.15. The van der Waals surface area contributed by atoms with Gasteiger partial charge in [0.25, 0.3) is 0 Å². The Labute approximate surface area is 129 Å². The van der Waals surface area contributed by atoms with E-state index in [2.05, 4.69) is 15.9 Å². The van der Waals surface area contributed by atoms with Crippen molar-refractivity contribution < 1.29 is 13.3 Å². The van der Waals surface area contributed by atoms with E-state index in [4.69, 9.17) is 19.8 Å². The molecular formula is C15H14BrClO. The summed E-state index contributed by atoms with van der Waals surface area (Å²) < 4.78 is 46.4. The summed E-state index contributed by atoms with van der Waals surface area (Å²) in [7, 11) is 0. The second-order valence-electron chi connectivity index (χ2n) is 3.88. The highest BCUT2D eigenvalue weighted by Gasteiger charge is 2.21. The van der Waals surface area contributed by atoms with Gasteiger partial charge in [0.15, 0.2) is 0 Å². The van der Waals surface area contributed by atoms with Gasteiger partial charge in [-0.1, -0.05) is 51.8 Å². The molecule has 1 nitrogen and oxygen atoms in total. The Morgan fingerprint density at radius 3 is 2.56 bits per heavy atom. The van der Waals surface area contributed by atoms with E-state index in [-0.39, 0.29) is 16.1 Å². The molecule has 0 atom stereocenters. The van der Waals surface area contributed by atoms with Crippen molar-refractivity contribution in [2.45, 2.75) is 19.3 Å². The fraction of sp³-hybridized carbons (Fsp3) is 0.200. The van der Waals surface area contributed by atoms with Gasteiger partial charge < -0.3 is 5.11 Å². The van der Waals surface area contributed by atoms with E-state index in [0.29, 0.717) is 10.0 Å². The molecule has 0 unspecified atom stereocenters. The first-order chi connectivity index (χ1) is 10.9. The summed E-state index contributed by atoms with van der Waals surface area (Å²) >= 11 is 9.32. The molecule has 0 saturated heterocycles. The number of halogens is 2. The average Bonchev–Trinajstić information content (AvgIpc) is 2.45. The van der Waals surface area contributed by atoms with Gasteiger partial charge in [0.2, 0.25) is 0 Å². The van der Waals surface area contributed by atoms with Crippen molar-refractivity contribution in [3.63, 3.8) is 0 Å². The molecule has 2 aromatic carbocycles. The quantitative estimate of drug-likeness (QED) is 0.821. The van der Waals surface area contributed by atoms with Gasteiger partial charge in [-0.25, -0.2) is 0 Å². The van der Waals surface area contributed by atoms with Gasteiger partial charge in [-0.15, -0.1) is 0 Å². The van der Waals surface area contributed by atoms with Crippen LogP contribution < -0.4 is 0 Å². The predicted octanol–water partition coefficient (Wildman–Crippen LogP) is 5.00. The largest absolute Gasteiger partial charge is 0.386 e. The van der Waals surface area contributed by atoms with Gasteiger partial charge in [0.1, 0.15) is 0 Å². The Hall–Kier alpha value is -0.830. The fourth-order valence-corrected chi connectivity index (χ4v) is 2.40. The first-order valence-corrected chi connectivity index (χ1v) is 6.34. The first-order valence-electron chi connectivity index (χ1n) is 8.17. The molecule has 0 bridgehead atoms. The number of aliphatic hydroxyl groups is 1. The zero-order chi connectivity index (χ0) is 18.3. The van der Waals surface area contributed by atoms with Crippen LogP contribution in [0.15, 0.2) is 46.9 Å². The van der Waals surface area contributed by atoms with Gasteiger partial charge in [0.05, 0.1) is 5.60 Å². The highest BCUT2D eigenvalue weighted by atomic mass is 79.9. The number of hydrogen-bond acceptors (Lipinski definition) is 1. The zero-order valence-electron chi connectivity index (χ0n) is 15.2. The molecule has 1 N–H and O–H groups in total. The van der Waals surface area contributed by atoms with Crippen LogP contribution in [0.3, 0.4) is 0 Å². The van der Waals surface area contributed by atoms with Gasteiger partial charge in [0, 0.05) is 17.7 Å². The molecule has 0 saturated carbocycles. The molecule has 0 fully saturated rings. The molecule has 0 aliphatic heterocycles. The Balaban J connectivity index is 2.87. The number of rotatable bonds is 2. The van der Waals surface area contributed by atoms with Crippen molar-refractivity contribution in [1.29, 1.82) is 0 Å². The second-order valence-corrected chi connectivity index (χ2v) is 5.17. The van der Waals surface area contributed by atoms with Crippen LogP contribution >= 0.6 is 27.5 Å². The van der Waals surface area contributed by atoms with E-state index < -0.39 is 19.3 Å². The summed E-state index contributed by atoms with van der Waals surface area (Å²) in [5, 5.41) is 10.9. The third-order valence-corrected chi connectivity index (χ3v) is 3.46. The molecule has 2 rings (SSSR count). The van der Waals surface area contributed by atoms with Crippen LogP contribution in [-0.2, 0) is 5.60 Å². The first kappa shape index (κ1) is 7.68. The van der Waals surface area contributed by atoms with Crippen molar-refractivity contribution in [1.82, 2.24) is 0 Å². The van der Waals surface area contributed by atoms with Crippen molar-refractivity contribution in [3.8, 4) is 11.1 Å². The summed E-state index contributed by atoms with van der Waals surface area (Å²) in [6, 6.07) is 11.1. The summed E-state index contributed by atoms with van der Waals surface area (Å²) in [4.78, 5) is 0. The minimum Gasteiger partial charge on any atom is -0.386 e. The maximum atomic E-state index is 10.8. The monoisotopic (exact) mass is 330 g/mol. The lowest BCUT2D eigenvalue weighted by Gasteiger charge is -2.22. The van der Waals surface area contributed by atoms with E-state index in [9.17, 15) is 5.11 Å². The molecule has 0 aliphatic carbocycles. The van der Waals surface area contributed by atoms with Crippen molar-refractivity contribution in [2.75, 3.05) is 0 Å². The molecule has 0 radical (unpaired) electrons. The molecule has 2 aromatic rings. The lowest BCUT2D eigenvalue weighted by atomic mass is 9.89. The summed E-state index contributed by atoms with van der Waals surface area (Å²) in [5.41, 5.74) is -2.49. The smallest absolute Gasteiger partial charge is 0.0847 e. The predicted molar refractivity (Wildman–Crippen MR) is 79.8 cm³/mol. The summed E-state index contributed by atoms with van der Waals surface area (Å²) in [6.45, 7) is -6.36. The molecular weight excluding hydrogens is 312 g/mol. The molecule has 0 spiro atoms. The molecule has 3 heteroatoms. The van der Waals surface area contributed by atoms with E-state index in [0.717, 1.165) is 0 Å². The van der Waals surface area contributed by atoms with Crippen molar-refractivity contribution in [2.24, 2.45) is 0 Å². The van der Waals surface area contributed by atoms with Gasteiger partial charge in [-0.05, 0) is 48.6 Å². The van der Waals surface area contributed by atoms with Crippen LogP contribution in [0.5, 0.6) is 0 Å². The highest BCUT2D eigenvalue weighted by Crippen LogP contribution is 2.36. The van der Waals surface area contributed by atoms with Crippen LogP contribution in [0, 0.1) is 0 Å². The van der Waals surface area contributed by atoms with Crippen LogP contribution in [-0.4, -0.2) is 5.11 Å². The van der Waals surface area contributed by atoms with Crippen LogP contribution in [0.2, 0.25) is 5.02 Å². The summed E-state index contributed by atoms with van der Waals surface area (Å²) in [5.74, 6) is 0. The SMILES string of the molecule is [2H]C([2H])([2H])C(O)(c1cc(Cl)ccc1-c1ccccc1Br)C([2H])([2H])[2H]. The van der Waals surface area contributed by atoms with Crippen molar-refractivity contribution in [3.05, 3.63) is 57.5 Å². The standard InChI is InChI=1S/C15H14BrClO/c1-15(2,18)13-9-10(17)7-8-11(13)12-5-3-4-6-14(12)16/h3-9,18H,1-2H3/i1D3,2D3. The molecule has 0 heterocycles. The van der Waals surface area contributed by atoms with Crippen LogP contribution in [0.25, 0.3) is 11.1 Å². The third-order valence-electron chi connectivity index (χ3n) is 2.54. The van der Waals surface area contributed by atoms with Gasteiger partial charge in [-0.2, -0.15) is 0 Å². The Morgan fingerprint density at radius 2 is 1.89 bits per heavy atom. The minimum absolute atomic E-state index is 0.132. The zero-order valence-corrected chi connectivity index (χ0v) is 11.6. The number of hydrogen-bond donors (Lipinski definition) is 1. The molecule has 18 heavy (non-hydrogen) atoms. The van der Waals surface area contributed by atoms with E-state index >= 15 is 0 Å². The molecule has 94 valence electrons. The van der Waals surface area contributed by atoms with E-state index in [1.54, 1.807) is 24.3 Å². The third kappa shape index (κ3) is 2.77. The molecule has 0 aliphatic rings. The Bertz CT molecular complexity index is 742. The molecule has 0 aromatic heterocycles. The van der Waals surface area contributed by atoms with Crippen LogP contribution in [0.1, 0.15) is 27.5 Å². The maximum absolute atomic E-state index is 10.8. The Morgan fingerprint density at radius 1 is 1.17 bits per heavy atom. The number of benzene rings is 2.